The molecule has 29 heavy (non-hydrogen) atoms. The van der Waals surface area contributed by atoms with Crippen molar-refractivity contribution in [2.75, 3.05) is 19.4 Å². The highest BCUT2D eigenvalue weighted by molar-refractivity contribution is 5.93. The summed E-state index contributed by atoms with van der Waals surface area (Å²) < 4.78 is 2.11. The number of rotatable bonds is 4. The van der Waals surface area contributed by atoms with Crippen molar-refractivity contribution in [2.45, 2.75) is 13.1 Å². The van der Waals surface area contributed by atoms with Crippen LogP contribution in [0.15, 0.2) is 48.7 Å². The summed E-state index contributed by atoms with van der Waals surface area (Å²) in [7, 11) is 5.53. The molecule has 4 rings (SSSR count). The zero-order valence-electron chi connectivity index (χ0n) is 16.7. The van der Waals surface area contributed by atoms with Crippen molar-refractivity contribution in [1.29, 1.82) is 0 Å². The Hall–Kier alpha value is -3.61. The van der Waals surface area contributed by atoms with Crippen LogP contribution in [-0.2, 0) is 24.9 Å². The molecule has 0 spiro atoms. The van der Waals surface area contributed by atoms with Crippen LogP contribution in [0.4, 0.5) is 10.6 Å². The monoisotopic (exact) mass is 389 g/mol. The lowest BCUT2D eigenvalue weighted by Crippen LogP contribution is -2.35. The maximum Gasteiger partial charge on any atom is 0.323 e. The third-order valence-corrected chi connectivity index (χ3v) is 5.21. The standard InChI is InChI=1S/C22H23N5O2/c1-25(14-18-11-16-6-4-5-7-19(16)27(18)3)20(28)9-8-15-10-17-13-26(2)22(29)24-21(17)23-12-15/h4-12H,13-14H2,1-3H3,(H,23,24,29). The first kappa shape index (κ1) is 18.7. The second-order valence-electron chi connectivity index (χ2n) is 7.34. The minimum Gasteiger partial charge on any atom is -0.346 e. The maximum absolute atomic E-state index is 12.6. The molecule has 2 aromatic heterocycles. The van der Waals surface area contributed by atoms with Crippen LogP contribution in [-0.4, -0.2) is 45.4 Å². The normalized spacial score (nSPS) is 13.6. The van der Waals surface area contributed by atoms with Gasteiger partial charge >= 0.3 is 6.03 Å². The number of para-hydroxylation sites is 1. The number of nitrogens with zero attached hydrogens (tertiary/aromatic N) is 4. The predicted molar refractivity (Wildman–Crippen MR) is 113 cm³/mol. The molecule has 0 unspecified atom stereocenters. The summed E-state index contributed by atoms with van der Waals surface area (Å²) in [4.78, 5) is 31.8. The van der Waals surface area contributed by atoms with Crippen LogP contribution in [0.3, 0.4) is 0 Å². The van der Waals surface area contributed by atoms with Crippen LogP contribution in [0.5, 0.6) is 0 Å². The minimum absolute atomic E-state index is 0.0848. The highest BCUT2D eigenvalue weighted by Crippen LogP contribution is 2.22. The van der Waals surface area contributed by atoms with Gasteiger partial charge in [-0.3, -0.25) is 10.1 Å². The van der Waals surface area contributed by atoms with Gasteiger partial charge in [0.2, 0.25) is 5.91 Å². The van der Waals surface area contributed by atoms with Crippen LogP contribution in [0.2, 0.25) is 0 Å². The van der Waals surface area contributed by atoms with E-state index in [1.54, 1.807) is 42.2 Å². The summed E-state index contributed by atoms with van der Waals surface area (Å²) in [6.07, 6.45) is 4.96. The first-order chi connectivity index (χ1) is 13.9. The quantitative estimate of drug-likeness (QED) is 0.697. The molecule has 0 saturated carbocycles. The molecule has 3 amide bonds. The fourth-order valence-corrected chi connectivity index (χ4v) is 3.49. The summed E-state index contributed by atoms with van der Waals surface area (Å²) in [6, 6.07) is 12.1. The third kappa shape index (κ3) is 3.71. The van der Waals surface area contributed by atoms with Gasteiger partial charge in [-0.05, 0) is 35.2 Å². The molecule has 1 aliphatic heterocycles. The van der Waals surface area contributed by atoms with Gasteiger partial charge in [-0.2, -0.15) is 0 Å². The van der Waals surface area contributed by atoms with Gasteiger partial charge in [-0.15, -0.1) is 0 Å². The van der Waals surface area contributed by atoms with E-state index in [2.05, 4.69) is 33.1 Å². The molecule has 148 valence electrons. The van der Waals surface area contributed by atoms with Gasteiger partial charge in [0.25, 0.3) is 0 Å². The Morgan fingerprint density at radius 1 is 1.28 bits per heavy atom. The highest BCUT2D eigenvalue weighted by Gasteiger charge is 2.20. The number of amides is 3. The zero-order valence-corrected chi connectivity index (χ0v) is 16.7. The van der Waals surface area contributed by atoms with E-state index in [9.17, 15) is 9.59 Å². The molecule has 0 bridgehead atoms. The van der Waals surface area contributed by atoms with E-state index in [0.717, 1.165) is 22.3 Å². The molecule has 0 aliphatic carbocycles. The number of carbonyl (C=O) groups excluding carboxylic acids is 2. The Bertz CT molecular complexity index is 1130. The predicted octanol–water partition coefficient (Wildman–Crippen LogP) is 3.22. The van der Waals surface area contributed by atoms with Crippen molar-refractivity contribution in [3.05, 3.63) is 65.5 Å². The summed E-state index contributed by atoms with van der Waals surface area (Å²) in [6.45, 7) is 1.01. The average Bonchev–Trinajstić information content (AvgIpc) is 3.02. The highest BCUT2D eigenvalue weighted by atomic mass is 16.2. The third-order valence-electron chi connectivity index (χ3n) is 5.21. The molecule has 0 atom stereocenters. The number of anilines is 1. The van der Waals surface area contributed by atoms with E-state index >= 15 is 0 Å². The van der Waals surface area contributed by atoms with Crippen molar-refractivity contribution in [3.63, 3.8) is 0 Å². The average molecular weight is 389 g/mol. The number of hydrogen-bond donors (Lipinski definition) is 1. The van der Waals surface area contributed by atoms with Gasteiger partial charge in [-0.1, -0.05) is 18.2 Å². The number of benzene rings is 1. The first-order valence-electron chi connectivity index (χ1n) is 9.40. The fraction of sp³-hybridized carbons (Fsp3) is 0.227. The van der Waals surface area contributed by atoms with Gasteiger partial charge in [0.05, 0.1) is 13.1 Å². The van der Waals surface area contributed by atoms with Crippen molar-refractivity contribution < 1.29 is 9.59 Å². The molecule has 3 heterocycles. The summed E-state index contributed by atoms with van der Waals surface area (Å²) in [5.74, 6) is 0.489. The van der Waals surface area contributed by atoms with Crippen molar-refractivity contribution in [1.82, 2.24) is 19.4 Å². The van der Waals surface area contributed by atoms with Crippen LogP contribution < -0.4 is 5.32 Å². The van der Waals surface area contributed by atoms with E-state index < -0.39 is 0 Å². The molecule has 7 heteroatoms. The first-order valence-corrected chi connectivity index (χ1v) is 9.40. The summed E-state index contributed by atoms with van der Waals surface area (Å²) in [5.41, 5.74) is 3.96. The SMILES string of the molecule is CN(Cc1cc2ccccc2n1C)C(=O)C=Cc1cnc2c(c1)CN(C)C(=O)N2. The van der Waals surface area contributed by atoms with Crippen molar-refractivity contribution >= 4 is 34.7 Å². The zero-order chi connectivity index (χ0) is 20.5. The number of fused-ring (bicyclic) bond motifs is 2. The topological polar surface area (TPSA) is 70.5 Å². The molecule has 7 nitrogen and oxygen atoms in total. The molecule has 1 aromatic carbocycles. The Morgan fingerprint density at radius 2 is 2.07 bits per heavy atom. The number of urea groups is 1. The largest absolute Gasteiger partial charge is 0.346 e. The lowest BCUT2D eigenvalue weighted by Gasteiger charge is -2.25. The van der Waals surface area contributed by atoms with Gasteiger partial charge in [0.1, 0.15) is 5.82 Å². The Balaban J connectivity index is 1.46. The van der Waals surface area contributed by atoms with E-state index in [1.165, 1.54) is 5.39 Å². The lowest BCUT2D eigenvalue weighted by molar-refractivity contribution is -0.125. The summed E-state index contributed by atoms with van der Waals surface area (Å²) in [5, 5.41) is 3.90. The molecular formula is C22H23N5O2. The van der Waals surface area contributed by atoms with Gasteiger partial charge < -0.3 is 14.4 Å². The smallest absolute Gasteiger partial charge is 0.323 e. The molecular weight excluding hydrogens is 366 g/mol. The fourth-order valence-electron chi connectivity index (χ4n) is 3.49. The van der Waals surface area contributed by atoms with Crippen molar-refractivity contribution in [2.24, 2.45) is 7.05 Å². The second-order valence-corrected chi connectivity index (χ2v) is 7.34. The number of likely N-dealkylation sites (N-methyl/N-ethyl adjacent to an activating group) is 1. The lowest BCUT2D eigenvalue weighted by atomic mass is 10.1. The number of pyridine rings is 1. The van der Waals surface area contributed by atoms with E-state index in [1.807, 2.05) is 25.2 Å². The Labute approximate surface area is 169 Å². The molecule has 0 radical (unpaired) electrons. The number of aryl methyl sites for hydroxylation is 1. The molecule has 0 fully saturated rings. The van der Waals surface area contributed by atoms with Crippen LogP contribution in [0.25, 0.3) is 17.0 Å². The van der Waals surface area contributed by atoms with E-state index in [0.29, 0.717) is 18.9 Å². The van der Waals surface area contributed by atoms with Crippen LogP contribution in [0, 0.1) is 0 Å². The number of carbonyl (C=O) groups is 2. The molecule has 1 aliphatic rings. The van der Waals surface area contributed by atoms with Crippen LogP contribution in [0.1, 0.15) is 16.8 Å². The summed E-state index contributed by atoms with van der Waals surface area (Å²) >= 11 is 0. The maximum atomic E-state index is 12.6. The number of hydrogen-bond acceptors (Lipinski definition) is 3. The molecule has 0 saturated heterocycles. The number of aromatic nitrogens is 2. The number of nitrogens with one attached hydrogen (secondary N) is 1. The van der Waals surface area contributed by atoms with Crippen LogP contribution >= 0.6 is 0 Å². The Morgan fingerprint density at radius 3 is 2.86 bits per heavy atom. The molecule has 1 N–H and O–H groups in total. The van der Waals surface area contributed by atoms with E-state index in [4.69, 9.17) is 0 Å². The van der Waals surface area contributed by atoms with Gasteiger partial charge in [0, 0.05) is 50.2 Å². The van der Waals surface area contributed by atoms with Gasteiger partial charge in [-0.25, -0.2) is 9.78 Å². The minimum atomic E-state index is -0.168. The second kappa shape index (κ2) is 7.43. The molecule has 3 aromatic rings. The van der Waals surface area contributed by atoms with Crippen molar-refractivity contribution in [3.8, 4) is 0 Å². The van der Waals surface area contributed by atoms with E-state index in [-0.39, 0.29) is 11.9 Å². The van der Waals surface area contributed by atoms with Gasteiger partial charge in [0.15, 0.2) is 0 Å². The Kier molecular flexibility index (Phi) is 4.80.